The molecule has 0 N–H and O–H groups in total. The summed E-state index contributed by atoms with van der Waals surface area (Å²) in [6.45, 7) is 1.31. The quantitative estimate of drug-likeness (QED) is 0.494. The smallest absolute Gasteiger partial charge is 0.269 e. The average molecular weight is 498 g/mol. The van der Waals surface area contributed by atoms with Crippen molar-refractivity contribution in [1.82, 2.24) is 9.78 Å². The van der Waals surface area contributed by atoms with E-state index in [1.165, 1.54) is 23.7 Å². The molecule has 0 atom stereocenters. The number of aromatic nitrogens is 2. The van der Waals surface area contributed by atoms with Crippen molar-refractivity contribution in [3.8, 4) is 11.1 Å². The van der Waals surface area contributed by atoms with E-state index in [1.54, 1.807) is 43.6 Å². The van der Waals surface area contributed by atoms with Crippen LogP contribution in [0, 0.1) is 9.52 Å². The number of imide groups is 1. The van der Waals surface area contributed by atoms with Crippen LogP contribution in [0.4, 0.5) is 10.1 Å². The molecule has 1 heterocycles. The monoisotopic (exact) mass is 497 g/mol. The Kier molecular flexibility index (Phi) is 5.61. The lowest BCUT2D eigenvalue weighted by Crippen LogP contribution is -2.35. The number of nitrogens with zero attached hydrogens (tertiary/aromatic N) is 3. The molecule has 3 rings (SSSR count). The first-order valence-electron chi connectivity index (χ1n) is 7.88. The van der Waals surface area contributed by atoms with Crippen LogP contribution < -0.4 is 4.90 Å². The van der Waals surface area contributed by atoms with Crippen molar-refractivity contribution in [3.05, 3.63) is 68.8 Å². The zero-order valence-electron chi connectivity index (χ0n) is 14.4. The number of amides is 2. The number of rotatable bonds is 3. The lowest BCUT2D eigenvalue weighted by Gasteiger charge is -2.22. The van der Waals surface area contributed by atoms with E-state index in [-0.39, 0.29) is 5.02 Å². The Morgan fingerprint density at radius 3 is 2.52 bits per heavy atom. The predicted molar refractivity (Wildman–Crippen MR) is 110 cm³/mol. The van der Waals surface area contributed by atoms with Gasteiger partial charge in [0.15, 0.2) is 0 Å². The van der Waals surface area contributed by atoms with Gasteiger partial charge in [-0.1, -0.05) is 35.9 Å². The minimum Gasteiger partial charge on any atom is -0.274 e. The highest BCUT2D eigenvalue weighted by Crippen LogP contribution is 2.33. The molecular formula is C19H14ClFIN3O2. The molecule has 0 aliphatic carbocycles. The SMILES string of the molecule is CC(=O)N(C(=O)c1cn(C)nc1I)c1ccccc1-c1ccc(Cl)c(F)c1. The Morgan fingerprint density at radius 2 is 1.93 bits per heavy atom. The molecule has 27 heavy (non-hydrogen) atoms. The summed E-state index contributed by atoms with van der Waals surface area (Å²) in [5.74, 6) is -1.53. The van der Waals surface area contributed by atoms with Gasteiger partial charge in [-0.05, 0) is 46.4 Å². The highest BCUT2D eigenvalue weighted by molar-refractivity contribution is 14.1. The highest BCUT2D eigenvalue weighted by Gasteiger charge is 2.27. The second kappa shape index (κ2) is 7.77. The van der Waals surface area contributed by atoms with Crippen molar-refractivity contribution >= 4 is 51.7 Å². The second-order valence-electron chi connectivity index (χ2n) is 5.81. The first kappa shape index (κ1) is 19.5. The fraction of sp³-hybridized carbons (Fsp3) is 0.105. The van der Waals surface area contributed by atoms with E-state index in [0.29, 0.717) is 26.1 Å². The van der Waals surface area contributed by atoms with Gasteiger partial charge in [-0.15, -0.1) is 0 Å². The van der Waals surface area contributed by atoms with Crippen LogP contribution >= 0.6 is 34.2 Å². The minimum atomic E-state index is -0.577. The first-order chi connectivity index (χ1) is 12.8. The van der Waals surface area contributed by atoms with E-state index in [1.807, 2.05) is 22.6 Å². The van der Waals surface area contributed by atoms with Gasteiger partial charge < -0.3 is 0 Å². The average Bonchev–Trinajstić information content (AvgIpc) is 2.96. The summed E-state index contributed by atoms with van der Waals surface area (Å²) < 4.78 is 15.9. The van der Waals surface area contributed by atoms with Crippen LogP contribution in [0.15, 0.2) is 48.7 Å². The van der Waals surface area contributed by atoms with E-state index in [2.05, 4.69) is 5.10 Å². The summed E-state index contributed by atoms with van der Waals surface area (Å²) in [4.78, 5) is 26.5. The Labute approximate surface area is 173 Å². The van der Waals surface area contributed by atoms with Crippen LogP contribution in [-0.4, -0.2) is 21.6 Å². The topological polar surface area (TPSA) is 55.2 Å². The molecule has 0 bridgehead atoms. The van der Waals surface area contributed by atoms with Crippen LogP contribution in [0.3, 0.4) is 0 Å². The molecule has 0 saturated carbocycles. The molecule has 3 aromatic rings. The molecule has 5 nitrogen and oxygen atoms in total. The molecule has 0 fully saturated rings. The van der Waals surface area contributed by atoms with Crippen LogP contribution in [0.1, 0.15) is 17.3 Å². The number of hydrogen-bond donors (Lipinski definition) is 0. The standard InChI is InChI=1S/C19H14ClFIN3O2/c1-11(26)25(19(27)14-10-24(2)23-18(14)22)17-6-4-3-5-13(17)12-7-8-15(20)16(21)9-12/h3-10H,1-2H3. The molecule has 0 spiro atoms. The Bertz CT molecular complexity index is 1050. The number of anilines is 1. The Hall–Kier alpha value is -2.26. The maximum atomic E-state index is 13.9. The second-order valence-corrected chi connectivity index (χ2v) is 7.24. The number of aryl methyl sites for hydroxylation is 1. The number of para-hydroxylation sites is 1. The maximum Gasteiger partial charge on any atom is 0.269 e. The van der Waals surface area contributed by atoms with Gasteiger partial charge in [0.25, 0.3) is 5.91 Å². The molecule has 0 aliphatic rings. The van der Waals surface area contributed by atoms with Gasteiger partial charge in [-0.2, -0.15) is 5.10 Å². The zero-order chi connectivity index (χ0) is 19.7. The van der Waals surface area contributed by atoms with Crippen LogP contribution in [0.25, 0.3) is 11.1 Å². The third-order valence-corrected chi connectivity index (χ3v) is 5.01. The van der Waals surface area contributed by atoms with E-state index in [0.717, 1.165) is 4.90 Å². The molecule has 0 radical (unpaired) electrons. The third-order valence-electron chi connectivity index (χ3n) is 3.91. The van der Waals surface area contributed by atoms with E-state index >= 15 is 0 Å². The lowest BCUT2D eigenvalue weighted by atomic mass is 10.0. The summed E-state index contributed by atoms with van der Waals surface area (Å²) in [6.07, 6.45) is 1.56. The first-order valence-corrected chi connectivity index (χ1v) is 9.34. The summed E-state index contributed by atoms with van der Waals surface area (Å²) in [7, 11) is 1.70. The number of hydrogen-bond acceptors (Lipinski definition) is 3. The van der Waals surface area contributed by atoms with Gasteiger partial charge in [-0.3, -0.25) is 14.3 Å². The van der Waals surface area contributed by atoms with E-state index in [4.69, 9.17) is 11.6 Å². The molecule has 2 aromatic carbocycles. The molecule has 138 valence electrons. The summed E-state index contributed by atoms with van der Waals surface area (Å²) in [5.41, 5.74) is 1.71. The number of halogens is 3. The molecule has 0 unspecified atom stereocenters. The van der Waals surface area contributed by atoms with Gasteiger partial charge >= 0.3 is 0 Å². The molecule has 0 saturated heterocycles. The van der Waals surface area contributed by atoms with Crippen LogP contribution in [0.5, 0.6) is 0 Å². The van der Waals surface area contributed by atoms with Gasteiger partial charge in [0, 0.05) is 25.7 Å². The number of benzene rings is 2. The van der Waals surface area contributed by atoms with Gasteiger partial charge in [0.1, 0.15) is 9.52 Å². The third kappa shape index (κ3) is 3.89. The molecule has 8 heteroatoms. The lowest BCUT2D eigenvalue weighted by molar-refractivity contribution is -0.115. The highest BCUT2D eigenvalue weighted by atomic mass is 127. The fourth-order valence-corrected chi connectivity index (χ4v) is 3.55. The predicted octanol–water partition coefficient (Wildman–Crippen LogP) is 4.68. The van der Waals surface area contributed by atoms with Crippen molar-refractivity contribution in [2.75, 3.05) is 4.90 Å². The largest absolute Gasteiger partial charge is 0.274 e. The van der Waals surface area contributed by atoms with Crippen molar-refractivity contribution in [3.63, 3.8) is 0 Å². The minimum absolute atomic E-state index is 0.000597. The molecule has 1 aromatic heterocycles. The van der Waals surface area contributed by atoms with Crippen LogP contribution in [0.2, 0.25) is 5.02 Å². The van der Waals surface area contributed by atoms with Crippen molar-refractivity contribution < 1.29 is 14.0 Å². The number of carbonyl (C=O) groups excluding carboxylic acids is 2. The summed E-state index contributed by atoms with van der Waals surface area (Å²) >= 11 is 7.71. The zero-order valence-corrected chi connectivity index (χ0v) is 17.3. The van der Waals surface area contributed by atoms with Crippen molar-refractivity contribution in [1.29, 1.82) is 0 Å². The normalized spacial score (nSPS) is 10.7. The molecule has 0 aliphatic heterocycles. The van der Waals surface area contributed by atoms with Crippen molar-refractivity contribution in [2.45, 2.75) is 6.92 Å². The van der Waals surface area contributed by atoms with E-state index in [9.17, 15) is 14.0 Å². The fourth-order valence-electron chi connectivity index (χ4n) is 2.72. The Morgan fingerprint density at radius 1 is 1.22 bits per heavy atom. The number of carbonyl (C=O) groups is 2. The summed E-state index contributed by atoms with van der Waals surface area (Å²) in [6, 6.07) is 11.2. The molecular weight excluding hydrogens is 484 g/mol. The van der Waals surface area contributed by atoms with Gasteiger partial charge in [-0.25, -0.2) is 9.29 Å². The van der Waals surface area contributed by atoms with E-state index < -0.39 is 17.6 Å². The van der Waals surface area contributed by atoms with Gasteiger partial charge in [0.2, 0.25) is 5.91 Å². The summed E-state index contributed by atoms with van der Waals surface area (Å²) in [5, 5.41) is 4.15. The maximum absolute atomic E-state index is 13.9. The van der Waals surface area contributed by atoms with Crippen molar-refractivity contribution in [2.24, 2.45) is 7.05 Å². The van der Waals surface area contributed by atoms with Gasteiger partial charge in [0.05, 0.1) is 16.3 Å². The van der Waals surface area contributed by atoms with Crippen LogP contribution in [-0.2, 0) is 11.8 Å². The Balaban J connectivity index is 2.15. The molecule has 2 amide bonds.